The van der Waals surface area contributed by atoms with Gasteiger partial charge in [-0.05, 0) is 109 Å². The molecule has 7 heteroatoms. The second-order valence-electron chi connectivity index (χ2n) is 13.6. The van der Waals surface area contributed by atoms with Crippen LogP contribution in [-0.2, 0) is 23.8 Å². The highest BCUT2D eigenvalue weighted by atomic mass is 16.7. The van der Waals surface area contributed by atoms with Gasteiger partial charge in [0.2, 0.25) is 0 Å². The summed E-state index contributed by atoms with van der Waals surface area (Å²) in [5.74, 6) is 0.321. The lowest BCUT2D eigenvalue weighted by molar-refractivity contribution is -0.231. The van der Waals surface area contributed by atoms with Gasteiger partial charge in [0.25, 0.3) is 0 Å². The molecule has 0 unspecified atom stereocenters. The number of fused-ring (bicyclic) bond motifs is 5. The number of esters is 1. The van der Waals surface area contributed by atoms with E-state index in [1.807, 2.05) is 6.92 Å². The Morgan fingerprint density at radius 1 is 1.02 bits per heavy atom. The van der Waals surface area contributed by atoms with Gasteiger partial charge in [0, 0.05) is 17.9 Å². The fourth-order valence-electron chi connectivity index (χ4n) is 8.57. The Balaban J connectivity index is 1.41. The summed E-state index contributed by atoms with van der Waals surface area (Å²) in [7, 11) is 4.18. The van der Waals surface area contributed by atoms with Gasteiger partial charge in [-0.3, -0.25) is 9.59 Å². The molecule has 2 saturated heterocycles. The molecular weight excluding hydrogens is 506 g/mol. The van der Waals surface area contributed by atoms with Gasteiger partial charge in [0.05, 0.1) is 24.7 Å². The molecule has 224 valence electrons. The van der Waals surface area contributed by atoms with E-state index in [1.54, 1.807) is 0 Å². The second-order valence-corrected chi connectivity index (χ2v) is 13.6. The summed E-state index contributed by atoms with van der Waals surface area (Å²) in [5.41, 5.74) is 2.07. The molecule has 2 heterocycles. The van der Waals surface area contributed by atoms with Gasteiger partial charge < -0.3 is 24.2 Å². The van der Waals surface area contributed by atoms with Crippen molar-refractivity contribution in [2.75, 3.05) is 14.1 Å². The van der Waals surface area contributed by atoms with Crippen LogP contribution in [0.3, 0.4) is 0 Å². The zero-order chi connectivity index (χ0) is 28.7. The average Bonchev–Trinajstić information content (AvgIpc) is 3.46. The zero-order valence-corrected chi connectivity index (χ0v) is 25.4. The third kappa shape index (κ3) is 5.99. The first-order valence-electron chi connectivity index (χ1n) is 15.9. The maximum Gasteiger partial charge on any atom is 0.306 e. The first kappa shape index (κ1) is 29.9. The van der Waals surface area contributed by atoms with E-state index < -0.39 is 0 Å². The molecule has 0 bridgehead atoms. The SMILES string of the molecule is CC[C@@H]1CCC[C@H](O[C@H]2CC[C@H](N(C)C)[C@@H](C)O2)[C@H](C)C(=O)C2=C[C@@H]3[C@@H](C=C(C)[C@@H]4C[C@@H](O)C[C@@H]34)[C@@H]2CC(=O)O1. The van der Waals surface area contributed by atoms with Crippen molar-refractivity contribution in [3.63, 3.8) is 0 Å². The van der Waals surface area contributed by atoms with Crippen molar-refractivity contribution in [3.8, 4) is 0 Å². The number of carbonyl (C=O) groups excluding carboxylic acids is 2. The number of nitrogens with zero attached hydrogens (tertiary/aromatic N) is 1. The van der Waals surface area contributed by atoms with Crippen molar-refractivity contribution in [1.82, 2.24) is 4.90 Å². The molecule has 2 aliphatic heterocycles. The van der Waals surface area contributed by atoms with Crippen LogP contribution in [0.4, 0.5) is 0 Å². The number of ketones is 1. The Morgan fingerprint density at radius 3 is 2.50 bits per heavy atom. The number of likely N-dealkylation sites (N-methyl/N-ethyl adjacent to an activating group) is 1. The molecule has 5 aliphatic rings. The Hall–Kier alpha value is -1.54. The second kappa shape index (κ2) is 12.4. The normalized spacial score (nSPS) is 44.5. The first-order valence-corrected chi connectivity index (χ1v) is 15.9. The molecule has 3 aliphatic carbocycles. The van der Waals surface area contributed by atoms with Crippen LogP contribution >= 0.6 is 0 Å². The molecule has 1 N–H and O–H groups in total. The van der Waals surface area contributed by atoms with E-state index in [4.69, 9.17) is 14.2 Å². The lowest BCUT2D eigenvalue weighted by Crippen LogP contribution is -2.47. The molecule has 0 radical (unpaired) electrons. The summed E-state index contributed by atoms with van der Waals surface area (Å²) in [6.45, 7) is 8.34. The average molecular weight is 558 g/mol. The van der Waals surface area contributed by atoms with Crippen LogP contribution in [0.2, 0.25) is 0 Å². The molecule has 3 fully saturated rings. The van der Waals surface area contributed by atoms with Crippen LogP contribution in [-0.4, -0.2) is 72.6 Å². The lowest BCUT2D eigenvalue weighted by Gasteiger charge is -2.40. The van der Waals surface area contributed by atoms with Gasteiger partial charge in [-0.15, -0.1) is 0 Å². The highest BCUT2D eigenvalue weighted by Crippen LogP contribution is 2.55. The number of ether oxygens (including phenoxy) is 3. The van der Waals surface area contributed by atoms with E-state index in [2.05, 4.69) is 51.9 Å². The largest absolute Gasteiger partial charge is 0.462 e. The molecule has 5 rings (SSSR count). The van der Waals surface area contributed by atoms with E-state index in [0.29, 0.717) is 17.9 Å². The summed E-state index contributed by atoms with van der Waals surface area (Å²) in [4.78, 5) is 29.7. The minimum atomic E-state index is -0.329. The summed E-state index contributed by atoms with van der Waals surface area (Å²) in [6.07, 6.45) is 10.3. The number of rotatable bonds is 4. The van der Waals surface area contributed by atoms with Crippen molar-refractivity contribution in [3.05, 3.63) is 23.3 Å². The third-order valence-electron chi connectivity index (χ3n) is 10.8. The number of allylic oxidation sites excluding steroid dienone is 4. The number of aliphatic hydroxyl groups is 1. The number of hydrogen-bond donors (Lipinski definition) is 1. The Bertz CT molecular complexity index is 1000. The topological polar surface area (TPSA) is 85.3 Å². The minimum Gasteiger partial charge on any atom is -0.462 e. The fourth-order valence-corrected chi connectivity index (χ4v) is 8.57. The van der Waals surface area contributed by atoms with Crippen LogP contribution in [0.15, 0.2) is 23.3 Å². The highest BCUT2D eigenvalue weighted by molar-refractivity contribution is 5.99. The quantitative estimate of drug-likeness (QED) is 0.382. The maximum atomic E-state index is 14.3. The van der Waals surface area contributed by atoms with Crippen LogP contribution in [0, 0.1) is 35.5 Å². The van der Waals surface area contributed by atoms with Crippen LogP contribution in [0.25, 0.3) is 0 Å². The van der Waals surface area contributed by atoms with Crippen molar-refractivity contribution in [2.24, 2.45) is 35.5 Å². The number of cyclic esters (lactones) is 1. The van der Waals surface area contributed by atoms with E-state index in [0.717, 1.165) is 56.9 Å². The van der Waals surface area contributed by atoms with Gasteiger partial charge in [-0.1, -0.05) is 31.6 Å². The zero-order valence-electron chi connectivity index (χ0n) is 25.4. The molecular formula is C33H51NO6. The Morgan fingerprint density at radius 2 is 1.80 bits per heavy atom. The van der Waals surface area contributed by atoms with E-state index in [-0.39, 0.29) is 72.6 Å². The minimum absolute atomic E-state index is 0.0599. The van der Waals surface area contributed by atoms with Gasteiger partial charge in [-0.25, -0.2) is 0 Å². The van der Waals surface area contributed by atoms with Gasteiger partial charge >= 0.3 is 5.97 Å². The summed E-state index contributed by atoms with van der Waals surface area (Å²) in [5, 5.41) is 10.5. The van der Waals surface area contributed by atoms with Gasteiger partial charge in [-0.2, -0.15) is 0 Å². The maximum absolute atomic E-state index is 14.3. The number of aliphatic hydroxyl groups excluding tert-OH is 1. The molecule has 12 atom stereocenters. The van der Waals surface area contributed by atoms with Gasteiger partial charge in [0.1, 0.15) is 6.10 Å². The lowest BCUT2D eigenvalue weighted by atomic mass is 9.67. The van der Waals surface area contributed by atoms with E-state index in [9.17, 15) is 14.7 Å². The van der Waals surface area contributed by atoms with Crippen molar-refractivity contribution in [2.45, 2.75) is 122 Å². The van der Waals surface area contributed by atoms with Crippen LogP contribution in [0.1, 0.15) is 85.5 Å². The van der Waals surface area contributed by atoms with E-state index >= 15 is 0 Å². The summed E-state index contributed by atoms with van der Waals surface area (Å²) < 4.78 is 18.9. The first-order chi connectivity index (χ1) is 19.1. The molecule has 0 aromatic carbocycles. The number of Topliss-reactive ketones (excluding diaryl/α,β-unsaturated/α-hetero) is 1. The van der Waals surface area contributed by atoms with E-state index in [1.165, 1.54) is 5.57 Å². The number of hydrogen-bond acceptors (Lipinski definition) is 7. The standard InChI is InChI=1S/C33H51NO6/c1-7-22-9-8-10-30(40-32-12-11-29(34(5)6)20(4)38-32)19(3)33(37)28-16-26-24(27(28)17-31(36)39-22)13-18(2)23-14-21(35)15-25(23)26/h13,16,19-27,29-30,32,35H,7-12,14-15,17H2,1-6H3/t19-,20+,21+,22+,23-,24+,25+,26+,27-,29-,30-,32-/m0/s1. The molecule has 0 spiro atoms. The highest BCUT2D eigenvalue weighted by Gasteiger charge is 2.51. The molecule has 40 heavy (non-hydrogen) atoms. The summed E-state index contributed by atoms with van der Waals surface area (Å²) in [6, 6.07) is 0.359. The fraction of sp³-hybridized carbons (Fsp3) is 0.818. The van der Waals surface area contributed by atoms with Crippen molar-refractivity contribution >= 4 is 11.8 Å². The molecule has 0 amide bonds. The molecule has 0 aromatic heterocycles. The summed E-state index contributed by atoms with van der Waals surface area (Å²) >= 11 is 0. The third-order valence-corrected chi connectivity index (χ3v) is 10.8. The van der Waals surface area contributed by atoms with Gasteiger partial charge in [0.15, 0.2) is 12.1 Å². The molecule has 1 saturated carbocycles. The molecule has 0 aromatic rings. The van der Waals surface area contributed by atoms with Crippen LogP contribution in [0.5, 0.6) is 0 Å². The van der Waals surface area contributed by atoms with Crippen molar-refractivity contribution in [1.29, 1.82) is 0 Å². The Kier molecular flexibility index (Phi) is 9.25. The van der Waals surface area contributed by atoms with Crippen LogP contribution < -0.4 is 0 Å². The monoisotopic (exact) mass is 557 g/mol. The number of carbonyl (C=O) groups is 2. The van der Waals surface area contributed by atoms with Crippen molar-refractivity contribution < 1.29 is 28.9 Å². The molecule has 7 nitrogen and oxygen atoms in total. The Labute approximate surface area is 240 Å². The smallest absolute Gasteiger partial charge is 0.306 e. The predicted molar refractivity (Wildman–Crippen MR) is 153 cm³/mol. The predicted octanol–water partition coefficient (Wildman–Crippen LogP) is 5.06.